The number of nitriles is 1. The number of benzene rings is 1. The van der Waals surface area contributed by atoms with Gasteiger partial charge in [0.05, 0.1) is 25.0 Å². The SMILES string of the molecule is N#CCCN(CC1CCCO1)C(=O)Cc1c(F)cccc1F. The molecule has 1 aliphatic rings. The minimum Gasteiger partial charge on any atom is -0.376 e. The highest BCUT2D eigenvalue weighted by Gasteiger charge is 2.24. The van der Waals surface area contributed by atoms with E-state index in [0.29, 0.717) is 13.2 Å². The summed E-state index contributed by atoms with van der Waals surface area (Å²) in [5.74, 6) is -1.86. The Hall–Kier alpha value is -2.00. The van der Waals surface area contributed by atoms with Gasteiger partial charge in [-0.15, -0.1) is 0 Å². The molecular formula is C16H18F2N2O2. The highest BCUT2D eigenvalue weighted by Crippen LogP contribution is 2.17. The maximum Gasteiger partial charge on any atom is 0.227 e. The normalized spacial score (nSPS) is 17.2. The lowest BCUT2D eigenvalue weighted by Crippen LogP contribution is -2.39. The molecule has 1 aliphatic heterocycles. The van der Waals surface area contributed by atoms with E-state index in [9.17, 15) is 13.6 Å². The Labute approximate surface area is 128 Å². The largest absolute Gasteiger partial charge is 0.376 e. The van der Waals surface area contributed by atoms with E-state index in [-0.39, 0.29) is 31.1 Å². The second-order valence-electron chi connectivity index (χ2n) is 5.26. The fourth-order valence-electron chi connectivity index (χ4n) is 2.50. The van der Waals surface area contributed by atoms with Gasteiger partial charge in [0, 0.05) is 25.3 Å². The first-order valence-corrected chi connectivity index (χ1v) is 7.31. The molecule has 0 spiro atoms. The smallest absolute Gasteiger partial charge is 0.227 e. The van der Waals surface area contributed by atoms with Gasteiger partial charge in [-0.05, 0) is 25.0 Å². The predicted octanol–water partition coefficient (Wildman–Crippen LogP) is 2.43. The third-order valence-electron chi connectivity index (χ3n) is 3.68. The first kappa shape index (κ1) is 16.4. The van der Waals surface area contributed by atoms with Crippen LogP contribution in [0.1, 0.15) is 24.8 Å². The molecule has 6 heteroatoms. The van der Waals surface area contributed by atoms with Crippen molar-refractivity contribution in [1.29, 1.82) is 5.26 Å². The van der Waals surface area contributed by atoms with E-state index in [1.165, 1.54) is 11.0 Å². The van der Waals surface area contributed by atoms with Crippen molar-refractivity contribution >= 4 is 5.91 Å². The van der Waals surface area contributed by atoms with Crippen LogP contribution in [-0.4, -0.2) is 36.6 Å². The van der Waals surface area contributed by atoms with Crippen LogP contribution < -0.4 is 0 Å². The molecule has 0 bridgehead atoms. The summed E-state index contributed by atoms with van der Waals surface area (Å²) in [7, 11) is 0. The summed E-state index contributed by atoms with van der Waals surface area (Å²) in [5, 5.41) is 8.70. The molecule has 0 saturated carbocycles. The summed E-state index contributed by atoms with van der Waals surface area (Å²) in [6.45, 7) is 1.26. The Balaban J connectivity index is 2.05. The molecule has 0 radical (unpaired) electrons. The minimum absolute atomic E-state index is 0.0619. The monoisotopic (exact) mass is 308 g/mol. The molecule has 1 amide bonds. The molecule has 0 N–H and O–H groups in total. The van der Waals surface area contributed by atoms with Crippen LogP contribution >= 0.6 is 0 Å². The summed E-state index contributed by atoms with van der Waals surface area (Å²) >= 11 is 0. The van der Waals surface area contributed by atoms with Crippen molar-refractivity contribution in [2.75, 3.05) is 19.7 Å². The number of rotatable bonds is 6. The van der Waals surface area contributed by atoms with Gasteiger partial charge >= 0.3 is 0 Å². The van der Waals surface area contributed by atoms with Gasteiger partial charge in [0.2, 0.25) is 5.91 Å². The van der Waals surface area contributed by atoms with Crippen molar-refractivity contribution in [2.24, 2.45) is 0 Å². The lowest BCUT2D eigenvalue weighted by Gasteiger charge is -2.25. The van der Waals surface area contributed by atoms with Crippen molar-refractivity contribution < 1.29 is 18.3 Å². The van der Waals surface area contributed by atoms with Crippen LogP contribution in [0.25, 0.3) is 0 Å². The fourth-order valence-corrected chi connectivity index (χ4v) is 2.50. The van der Waals surface area contributed by atoms with Gasteiger partial charge in [0.25, 0.3) is 0 Å². The van der Waals surface area contributed by atoms with Crippen LogP contribution in [0.2, 0.25) is 0 Å². The van der Waals surface area contributed by atoms with Crippen molar-refractivity contribution in [3.05, 3.63) is 35.4 Å². The number of nitrogens with zero attached hydrogens (tertiary/aromatic N) is 2. The van der Waals surface area contributed by atoms with Gasteiger partial charge in [-0.25, -0.2) is 8.78 Å². The summed E-state index contributed by atoms with van der Waals surface area (Å²) in [4.78, 5) is 13.8. The van der Waals surface area contributed by atoms with Gasteiger partial charge in [-0.2, -0.15) is 5.26 Å². The topological polar surface area (TPSA) is 53.3 Å². The Bertz CT molecular complexity index is 546. The second-order valence-corrected chi connectivity index (χ2v) is 5.26. The van der Waals surface area contributed by atoms with Crippen LogP contribution in [0.5, 0.6) is 0 Å². The summed E-state index contributed by atoms with van der Waals surface area (Å²) in [5.41, 5.74) is -0.234. The average Bonchev–Trinajstić information content (AvgIpc) is 3.00. The van der Waals surface area contributed by atoms with Crippen molar-refractivity contribution in [2.45, 2.75) is 31.8 Å². The molecule has 1 atom stereocenters. The maximum absolute atomic E-state index is 13.6. The number of carbonyl (C=O) groups is 1. The van der Waals surface area contributed by atoms with Crippen LogP contribution in [0, 0.1) is 23.0 Å². The zero-order valence-corrected chi connectivity index (χ0v) is 12.2. The molecule has 0 aliphatic carbocycles. The molecule has 1 saturated heterocycles. The van der Waals surface area contributed by atoms with Crippen LogP contribution in [-0.2, 0) is 16.0 Å². The first-order valence-electron chi connectivity index (χ1n) is 7.31. The quantitative estimate of drug-likeness (QED) is 0.811. The maximum atomic E-state index is 13.6. The zero-order valence-electron chi connectivity index (χ0n) is 12.2. The Kier molecular flexibility index (Phi) is 5.84. The van der Waals surface area contributed by atoms with Crippen molar-refractivity contribution in [3.63, 3.8) is 0 Å². The molecule has 1 aromatic carbocycles. The number of halogens is 2. The molecule has 1 unspecified atom stereocenters. The average molecular weight is 308 g/mol. The standard InChI is InChI=1S/C16H18F2N2O2/c17-14-5-1-6-15(18)13(14)10-16(21)20(8-3-7-19)11-12-4-2-9-22-12/h1,5-6,12H,2-4,8-11H2. The zero-order chi connectivity index (χ0) is 15.9. The highest BCUT2D eigenvalue weighted by atomic mass is 19.1. The van der Waals surface area contributed by atoms with E-state index in [1.807, 2.05) is 6.07 Å². The summed E-state index contributed by atoms with van der Waals surface area (Å²) in [6, 6.07) is 5.50. The molecule has 1 fully saturated rings. The first-order chi connectivity index (χ1) is 10.6. The minimum atomic E-state index is -0.731. The molecule has 1 heterocycles. The van der Waals surface area contributed by atoms with E-state index in [0.717, 1.165) is 25.0 Å². The van der Waals surface area contributed by atoms with E-state index in [4.69, 9.17) is 10.00 Å². The molecule has 0 aromatic heterocycles. The Morgan fingerprint density at radius 3 is 2.73 bits per heavy atom. The van der Waals surface area contributed by atoms with Crippen LogP contribution in [0.15, 0.2) is 18.2 Å². The van der Waals surface area contributed by atoms with Crippen LogP contribution in [0.3, 0.4) is 0 Å². The van der Waals surface area contributed by atoms with Crippen molar-refractivity contribution in [1.82, 2.24) is 4.90 Å². The summed E-state index contributed by atoms with van der Waals surface area (Å²) in [6.07, 6.45) is 1.56. The van der Waals surface area contributed by atoms with Gasteiger partial charge in [0.1, 0.15) is 11.6 Å². The second kappa shape index (κ2) is 7.85. The van der Waals surface area contributed by atoms with Crippen LogP contribution in [0.4, 0.5) is 8.78 Å². The molecule has 2 rings (SSSR count). The lowest BCUT2D eigenvalue weighted by molar-refractivity contribution is -0.132. The van der Waals surface area contributed by atoms with E-state index in [2.05, 4.69) is 0 Å². The number of hydrogen-bond donors (Lipinski definition) is 0. The van der Waals surface area contributed by atoms with Gasteiger partial charge in [-0.3, -0.25) is 4.79 Å². The third-order valence-corrected chi connectivity index (χ3v) is 3.68. The number of amides is 1. The molecule has 118 valence electrons. The van der Waals surface area contributed by atoms with E-state index in [1.54, 1.807) is 0 Å². The predicted molar refractivity (Wildman–Crippen MR) is 75.8 cm³/mol. The molecule has 1 aromatic rings. The Morgan fingerprint density at radius 1 is 1.41 bits per heavy atom. The van der Waals surface area contributed by atoms with Gasteiger partial charge in [0.15, 0.2) is 0 Å². The van der Waals surface area contributed by atoms with Gasteiger partial charge in [-0.1, -0.05) is 6.07 Å². The number of hydrogen-bond acceptors (Lipinski definition) is 3. The molecular weight excluding hydrogens is 290 g/mol. The molecule has 22 heavy (non-hydrogen) atoms. The fraction of sp³-hybridized carbons (Fsp3) is 0.500. The number of carbonyl (C=O) groups excluding carboxylic acids is 1. The van der Waals surface area contributed by atoms with E-state index < -0.39 is 17.5 Å². The summed E-state index contributed by atoms with van der Waals surface area (Å²) < 4.78 is 32.8. The van der Waals surface area contributed by atoms with E-state index >= 15 is 0 Å². The lowest BCUT2D eigenvalue weighted by atomic mass is 10.1. The van der Waals surface area contributed by atoms with Gasteiger partial charge < -0.3 is 9.64 Å². The molecule has 4 nitrogen and oxygen atoms in total. The third kappa shape index (κ3) is 4.25. The number of ether oxygens (including phenoxy) is 1. The highest BCUT2D eigenvalue weighted by molar-refractivity contribution is 5.79. The van der Waals surface area contributed by atoms with Crippen molar-refractivity contribution in [3.8, 4) is 6.07 Å². The Morgan fingerprint density at radius 2 is 2.14 bits per heavy atom.